The second-order valence-corrected chi connectivity index (χ2v) is 5.57. The number of nitrogens with zero attached hydrogens (tertiary/aromatic N) is 1. The molecule has 0 bridgehead atoms. The molecule has 0 fully saturated rings. The number of hydrogen-bond donors (Lipinski definition) is 1. The van der Waals surface area contributed by atoms with Crippen molar-refractivity contribution in [3.63, 3.8) is 0 Å². The summed E-state index contributed by atoms with van der Waals surface area (Å²) in [5.41, 5.74) is 8.51. The monoisotopic (exact) mass is 252 g/mol. The van der Waals surface area contributed by atoms with Gasteiger partial charge >= 0.3 is 0 Å². The number of benzene rings is 1. The molecule has 0 aromatic heterocycles. The van der Waals surface area contributed by atoms with E-state index in [9.17, 15) is 0 Å². The minimum atomic E-state index is 0.0846. The first-order chi connectivity index (χ1) is 8.07. The summed E-state index contributed by atoms with van der Waals surface area (Å²) < 4.78 is 0. The molecule has 96 valence electrons. The normalized spacial score (nSPS) is 14.4. The average Bonchev–Trinajstić information content (AvgIpc) is 2.34. The van der Waals surface area contributed by atoms with E-state index in [1.165, 1.54) is 23.4 Å². The maximum atomic E-state index is 6.02. The van der Waals surface area contributed by atoms with Crippen molar-refractivity contribution in [2.24, 2.45) is 5.73 Å². The van der Waals surface area contributed by atoms with Gasteiger partial charge in [0.05, 0.1) is 0 Å². The smallest absolute Gasteiger partial charge is 0.0414 e. The lowest BCUT2D eigenvalue weighted by Crippen LogP contribution is -2.30. The molecule has 0 spiro atoms. The summed E-state index contributed by atoms with van der Waals surface area (Å²) in [5.74, 6) is 1.20. The van der Waals surface area contributed by atoms with Gasteiger partial charge < -0.3 is 10.6 Å². The molecule has 0 amide bonds. The van der Waals surface area contributed by atoms with Gasteiger partial charge in [-0.25, -0.2) is 0 Å². The van der Waals surface area contributed by atoms with Gasteiger partial charge in [-0.2, -0.15) is 11.8 Å². The minimum Gasteiger partial charge on any atom is -0.372 e. The number of para-hydroxylation sites is 1. The van der Waals surface area contributed by atoms with Gasteiger partial charge in [0.2, 0.25) is 0 Å². The molecular weight excluding hydrogens is 228 g/mol. The van der Waals surface area contributed by atoms with Crippen molar-refractivity contribution in [1.29, 1.82) is 0 Å². The van der Waals surface area contributed by atoms with Crippen LogP contribution in [-0.2, 0) is 0 Å². The number of anilines is 1. The molecule has 2 atom stereocenters. The zero-order chi connectivity index (χ0) is 12.8. The highest BCUT2D eigenvalue weighted by molar-refractivity contribution is 7.98. The Balaban J connectivity index is 2.83. The zero-order valence-corrected chi connectivity index (χ0v) is 12.1. The number of rotatable bonds is 6. The molecule has 0 aliphatic rings. The maximum Gasteiger partial charge on any atom is 0.0414 e. The van der Waals surface area contributed by atoms with Crippen LogP contribution in [0.4, 0.5) is 5.69 Å². The van der Waals surface area contributed by atoms with Crippen molar-refractivity contribution in [3.05, 3.63) is 29.8 Å². The van der Waals surface area contributed by atoms with Crippen LogP contribution in [0.1, 0.15) is 31.9 Å². The average molecular weight is 252 g/mol. The molecule has 0 aliphatic heterocycles. The van der Waals surface area contributed by atoms with Crippen LogP contribution in [0.25, 0.3) is 0 Å². The van der Waals surface area contributed by atoms with Gasteiger partial charge in [0, 0.05) is 24.8 Å². The Hall–Kier alpha value is -0.670. The van der Waals surface area contributed by atoms with E-state index in [0.29, 0.717) is 6.04 Å². The first kappa shape index (κ1) is 14.4. The third-order valence-corrected chi connectivity index (χ3v) is 3.85. The van der Waals surface area contributed by atoms with Crippen LogP contribution in [0, 0.1) is 0 Å². The van der Waals surface area contributed by atoms with Crippen LogP contribution in [0.2, 0.25) is 0 Å². The molecule has 1 aromatic rings. The number of thioether (sulfide) groups is 1. The highest BCUT2D eigenvalue weighted by atomic mass is 32.2. The summed E-state index contributed by atoms with van der Waals surface area (Å²) in [6, 6.07) is 9.05. The fourth-order valence-corrected chi connectivity index (χ4v) is 2.49. The predicted octanol–water partition coefficient (Wildman–Crippen LogP) is 3.28. The molecule has 3 heteroatoms. The van der Waals surface area contributed by atoms with E-state index in [1.807, 2.05) is 18.7 Å². The standard InChI is InChI=1S/C14H24N2S/c1-11(9-10-17-4)16(3)14-8-6-5-7-13(14)12(2)15/h5-8,11-12H,9-10,15H2,1-4H3. The zero-order valence-electron chi connectivity index (χ0n) is 11.3. The third-order valence-electron chi connectivity index (χ3n) is 3.21. The Labute approximate surface area is 110 Å². The van der Waals surface area contributed by atoms with Crippen LogP contribution in [0.5, 0.6) is 0 Å². The van der Waals surface area contributed by atoms with E-state index in [1.54, 1.807) is 0 Å². The van der Waals surface area contributed by atoms with E-state index in [4.69, 9.17) is 5.73 Å². The SMILES string of the molecule is CSCCC(C)N(C)c1ccccc1C(C)N. The molecular formula is C14H24N2S. The molecule has 0 saturated carbocycles. The number of nitrogens with two attached hydrogens (primary N) is 1. The highest BCUT2D eigenvalue weighted by Gasteiger charge is 2.14. The van der Waals surface area contributed by atoms with Crippen molar-refractivity contribution in [2.75, 3.05) is 24.0 Å². The van der Waals surface area contributed by atoms with Gasteiger partial charge in [-0.3, -0.25) is 0 Å². The van der Waals surface area contributed by atoms with E-state index in [2.05, 4.69) is 49.4 Å². The molecule has 0 saturated heterocycles. The van der Waals surface area contributed by atoms with Crippen LogP contribution >= 0.6 is 11.8 Å². The van der Waals surface area contributed by atoms with Gasteiger partial charge in [-0.1, -0.05) is 18.2 Å². The van der Waals surface area contributed by atoms with E-state index in [0.717, 1.165) is 0 Å². The highest BCUT2D eigenvalue weighted by Crippen LogP contribution is 2.26. The summed E-state index contributed by atoms with van der Waals surface area (Å²) in [6.07, 6.45) is 3.35. The van der Waals surface area contributed by atoms with Crippen molar-refractivity contribution < 1.29 is 0 Å². The lowest BCUT2D eigenvalue weighted by atomic mass is 10.0. The number of hydrogen-bond acceptors (Lipinski definition) is 3. The summed E-state index contributed by atoms with van der Waals surface area (Å²) in [6.45, 7) is 4.31. The Kier molecular flexibility index (Phi) is 5.86. The molecule has 17 heavy (non-hydrogen) atoms. The van der Waals surface area contributed by atoms with E-state index >= 15 is 0 Å². The van der Waals surface area contributed by atoms with Gasteiger partial charge in [-0.15, -0.1) is 0 Å². The minimum absolute atomic E-state index is 0.0846. The van der Waals surface area contributed by atoms with Crippen molar-refractivity contribution in [1.82, 2.24) is 0 Å². The molecule has 0 aliphatic carbocycles. The lowest BCUT2D eigenvalue weighted by Gasteiger charge is -2.30. The second-order valence-electron chi connectivity index (χ2n) is 4.59. The first-order valence-corrected chi connectivity index (χ1v) is 7.53. The molecule has 0 heterocycles. The topological polar surface area (TPSA) is 29.3 Å². The van der Waals surface area contributed by atoms with Crippen molar-refractivity contribution >= 4 is 17.4 Å². The largest absolute Gasteiger partial charge is 0.372 e. The van der Waals surface area contributed by atoms with Crippen LogP contribution in [0.15, 0.2) is 24.3 Å². The molecule has 2 unspecified atom stereocenters. The molecule has 1 aromatic carbocycles. The third kappa shape index (κ3) is 3.93. The van der Waals surface area contributed by atoms with Crippen LogP contribution < -0.4 is 10.6 Å². The van der Waals surface area contributed by atoms with Crippen LogP contribution in [-0.4, -0.2) is 25.1 Å². The Morgan fingerprint density at radius 2 is 1.94 bits per heavy atom. The Morgan fingerprint density at radius 1 is 1.29 bits per heavy atom. The first-order valence-electron chi connectivity index (χ1n) is 6.14. The molecule has 2 N–H and O–H groups in total. The van der Waals surface area contributed by atoms with Crippen molar-refractivity contribution in [3.8, 4) is 0 Å². The van der Waals surface area contributed by atoms with Gasteiger partial charge in [0.25, 0.3) is 0 Å². The van der Waals surface area contributed by atoms with Gasteiger partial charge in [0.15, 0.2) is 0 Å². The fourth-order valence-electron chi connectivity index (χ4n) is 1.91. The second kappa shape index (κ2) is 6.92. The Bertz CT molecular complexity index is 339. The summed E-state index contributed by atoms with van der Waals surface area (Å²) in [5, 5.41) is 0. The molecule has 2 nitrogen and oxygen atoms in total. The quantitative estimate of drug-likeness (QED) is 0.842. The van der Waals surface area contributed by atoms with Gasteiger partial charge in [-0.05, 0) is 43.9 Å². The van der Waals surface area contributed by atoms with Gasteiger partial charge in [0.1, 0.15) is 0 Å². The van der Waals surface area contributed by atoms with E-state index < -0.39 is 0 Å². The van der Waals surface area contributed by atoms with Crippen LogP contribution in [0.3, 0.4) is 0 Å². The summed E-state index contributed by atoms with van der Waals surface area (Å²) in [7, 11) is 2.16. The fraction of sp³-hybridized carbons (Fsp3) is 0.571. The van der Waals surface area contributed by atoms with Crippen molar-refractivity contribution in [2.45, 2.75) is 32.4 Å². The summed E-state index contributed by atoms with van der Waals surface area (Å²) >= 11 is 1.90. The molecule has 0 radical (unpaired) electrons. The lowest BCUT2D eigenvalue weighted by molar-refractivity contribution is 0.662. The Morgan fingerprint density at radius 3 is 2.53 bits per heavy atom. The van der Waals surface area contributed by atoms with E-state index in [-0.39, 0.29) is 6.04 Å². The predicted molar refractivity (Wildman–Crippen MR) is 79.9 cm³/mol. The maximum absolute atomic E-state index is 6.02. The molecule has 1 rings (SSSR count). The summed E-state index contributed by atoms with van der Waals surface area (Å²) in [4.78, 5) is 2.34.